The van der Waals surface area contributed by atoms with Crippen LogP contribution in [0.15, 0.2) is 40.9 Å². The predicted octanol–water partition coefficient (Wildman–Crippen LogP) is 4.17. The number of carbonyl (C=O) groups excluding carboxylic acids is 2. The van der Waals surface area contributed by atoms with Crippen LogP contribution in [0.5, 0.6) is 5.75 Å². The SMILES string of the molecule is O=C1CCCC2=C1C(c1ccc(O)c(Cl)c1)C1=C(CCCC1=O)O2. The Kier molecular flexibility index (Phi) is 3.72. The normalized spacial score (nSPS) is 21.5. The summed E-state index contributed by atoms with van der Waals surface area (Å²) in [7, 11) is 0. The van der Waals surface area contributed by atoms with Gasteiger partial charge in [0.1, 0.15) is 17.3 Å². The Balaban J connectivity index is 1.92. The third kappa shape index (κ3) is 2.37. The van der Waals surface area contributed by atoms with E-state index in [-0.39, 0.29) is 22.3 Å². The van der Waals surface area contributed by atoms with Gasteiger partial charge in [-0.2, -0.15) is 0 Å². The van der Waals surface area contributed by atoms with E-state index in [0.717, 1.165) is 18.4 Å². The average molecular weight is 345 g/mol. The van der Waals surface area contributed by atoms with Crippen LogP contribution in [-0.4, -0.2) is 16.7 Å². The summed E-state index contributed by atoms with van der Waals surface area (Å²) in [5.41, 5.74) is 1.95. The number of ketones is 2. The van der Waals surface area contributed by atoms with E-state index < -0.39 is 5.92 Å². The van der Waals surface area contributed by atoms with Gasteiger partial charge in [-0.15, -0.1) is 0 Å². The van der Waals surface area contributed by atoms with Gasteiger partial charge in [-0.1, -0.05) is 17.7 Å². The number of carbonyl (C=O) groups is 2. The number of ether oxygens (including phenoxy) is 1. The number of aromatic hydroxyl groups is 1. The Bertz CT molecular complexity index is 777. The largest absolute Gasteiger partial charge is 0.506 e. The van der Waals surface area contributed by atoms with Gasteiger partial charge in [0, 0.05) is 42.7 Å². The van der Waals surface area contributed by atoms with Gasteiger partial charge in [0.2, 0.25) is 0 Å². The lowest BCUT2D eigenvalue weighted by atomic mass is 9.73. The Morgan fingerprint density at radius 2 is 1.54 bits per heavy atom. The Hall–Kier alpha value is -2.07. The van der Waals surface area contributed by atoms with Crippen molar-refractivity contribution in [1.82, 2.24) is 0 Å². The summed E-state index contributed by atoms with van der Waals surface area (Å²) in [4.78, 5) is 25.2. The zero-order valence-corrected chi connectivity index (χ0v) is 13.9. The van der Waals surface area contributed by atoms with Crippen LogP contribution < -0.4 is 0 Å². The highest BCUT2D eigenvalue weighted by atomic mass is 35.5. The van der Waals surface area contributed by atoms with Crippen LogP contribution in [0.25, 0.3) is 0 Å². The standard InChI is InChI=1S/C19H17ClO4/c20-11-9-10(7-8-12(11)21)17-18-13(22)3-1-5-15(18)24-16-6-2-4-14(23)19(16)17/h7-9,17,21H,1-6H2. The van der Waals surface area contributed by atoms with Crippen molar-refractivity contribution in [2.45, 2.75) is 44.4 Å². The van der Waals surface area contributed by atoms with Gasteiger partial charge < -0.3 is 9.84 Å². The highest BCUT2D eigenvalue weighted by Gasteiger charge is 2.41. The van der Waals surface area contributed by atoms with Crippen molar-refractivity contribution < 1.29 is 19.4 Å². The van der Waals surface area contributed by atoms with Crippen LogP contribution in [0.1, 0.15) is 50.0 Å². The number of benzene rings is 1. The molecule has 1 N–H and O–H groups in total. The summed E-state index contributed by atoms with van der Waals surface area (Å²) in [5.74, 6) is 1.04. The zero-order valence-electron chi connectivity index (χ0n) is 13.1. The monoisotopic (exact) mass is 344 g/mol. The molecular weight excluding hydrogens is 328 g/mol. The van der Waals surface area contributed by atoms with Crippen LogP contribution in [0, 0.1) is 0 Å². The molecule has 1 aromatic carbocycles. The van der Waals surface area contributed by atoms with Crippen LogP contribution in [0.2, 0.25) is 5.02 Å². The Labute approximate surface area is 144 Å². The summed E-state index contributed by atoms with van der Waals surface area (Å²) >= 11 is 6.07. The summed E-state index contributed by atoms with van der Waals surface area (Å²) in [5, 5.41) is 9.91. The van der Waals surface area contributed by atoms with E-state index in [4.69, 9.17) is 16.3 Å². The van der Waals surface area contributed by atoms with Gasteiger partial charge in [-0.25, -0.2) is 0 Å². The highest BCUT2D eigenvalue weighted by molar-refractivity contribution is 6.32. The molecule has 0 amide bonds. The third-order valence-corrected chi connectivity index (χ3v) is 5.25. The molecule has 1 aliphatic heterocycles. The molecule has 4 rings (SSSR count). The van der Waals surface area contributed by atoms with Crippen molar-refractivity contribution in [2.75, 3.05) is 0 Å². The maximum atomic E-state index is 12.6. The van der Waals surface area contributed by atoms with Crippen molar-refractivity contribution in [3.05, 3.63) is 51.4 Å². The minimum Gasteiger partial charge on any atom is -0.506 e. The first-order chi connectivity index (χ1) is 11.6. The number of hydrogen-bond donors (Lipinski definition) is 1. The lowest BCUT2D eigenvalue weighted by Crippen LogP contribution is -2.30. The molecule has 0 unspecified atom stereocenters. The fraction of sp³-hybridized carbons (Fsp3) is 0.368. The number of hydrogen-bond acceptors (Lipinski definition) is 4. The summed E-state index contributed by atoms with van der Waals surface area (Å²) < 4.78 is 5.98. The van der Waals surface area contributed by atoms with Crippen LogP contribution in [-0.2, 0) is 14.3 Å². The summed E-state index contributed by atoms with van der Waals surface area (Å²) in [6.07, 6.45) is 3.93. The molecule has 24 heavy (non-hydrogen) atoms. The van der Waals surface area contributed by atoms with E-state index in [1.807, 2.05) is 0 Å². The summed E-state index contributed by atoms with van der Waals surface area (Å²) in [6.45, 7) is 0. The Morgan fingerprint density at radius 1 is 0.958 bits per heavy atom. The van der Waals surface area contributed by atoms with Crippen LogP contribution >= 0.6 is 11.6 Å². The maximum absolute atomic E-state index is 12.6. The molecule has 2 aliphatic carbocycles. The van der Waals surface area contributed by atoms with Crippen molar-refractivity contribution in [3.63, 3.8) is 0 Å². The Morgan fingerprint density at radius 3 is 2.08 bits per heavy atom. The number of Topliss-reactive ketones (excluding diaryl/α,β-unsaturated/α-hetero) is 2. The molecule has 5 heteroatoms. The van der Waals surface area contributed by atoms with Gasteiger partial charge >= 0.3 is 0 Å². The summed E-state index contributed by atoms with van der Waals surface area (Å²) in [6, 6.07) is 4.89. The quantitative estimate of drug-likeness (QED) is 0.830. The third-order valence-electron chi connectivity index (χ3n) is 4.95. The average Bonchev–Trinajstić information content (AvgIpc) is 2.56. The fourth-order valence-corrected chi connectivity index (χ4v) is 4.04. The zero-order chi connectivity index (χ0) is 16.8. The van der Waals surface area contributed by atoms with Crippen LogP contribution in [0.4, 0.5) is 0 Å². The molecule has 0 fully saturated rings. The van der Waals surface area contributed by atoms with Gasteiger partial charge in [0.25, 0.3) is 0 Å². The van der Waals surface area contributed by atoms with E-state index in [0.29, 0.717) is 48.3 Å². The molecule has 1 heterocycles. The first-order valence-corrected chi connectivity index (χ1v) is 8.63. The molecular formula is C19H17ClO4. The number of phenols is 1. The molecule has 4 nitrogen and oxygen atoms in total. The maximum Gasteiger partial charge on any atom is 0.163 e. The van der Waals surface area contributed by atoms with Gasteiger partial charge in [0.05, 0.1) is 5.02 Å². The minimum absolute atomic E-state index is 0.0131. The number of allylic oxidation sites excluding steroid dienone is 4. The van der Waals surface area contributed by atoms with E-state index >= 15 is 0 Å². The predicted molar refractivity (Wildman–Crippen MR) is 88.7 cm³/mol. The van der Waals surface area contributed by atoms with Crippen molar-refractivity contribution in [2.24, 2.45) is 0 Å². The number of rotatable bonds is 1. The topological polar surface area (TPSA) is 63.6 Å². The van der Waals surface area contributed by atoms with Crippen molar-refractivity contribution in [3.8, 4) is 5.75 Å². The molecule has 0 spiro atoms. The van der Waals surface area contributed by atoms with Gasteiger partial charge in [-0.3, -0.25) is 9.59 Å². The number of phenolic OH excluding ortho intramolecular Hbond substituents is 1. The second kappa shape index (κ2) is 5.78. The van der Waals surface area contributed by atoms with Gasteiger partial charge in [-0.05, 0) is 30.5 Å². The lowest BCUT2D eigenvalue weighted by molar-refractivity contribution is -0.117. The molecule has 1 aromatic rings. The molecule has 0 bridgehead atoms. The molecule has 124 valence electrons. The van der Waals surface area contributed by atoms with E-state index in [9.17, 15) is 14.7 Å². The molecule has 3 aliphatic rings. The van der Waals surface area contributed by atoms with E-state index in [1.54, 1.807) is 12.1 Å². The van der Waals surface area contributed by atoms with Gasteiger partial charge in [0.15, 0.2) is 11.6 Å². The number of halogens is 1. The highest BCUT2D eigenvalue weighted by Crippen LogP contribution is 2.48. The van der Waals surface area contributed by atoms with E-state index in [2.05, 4.69) is 0 Å². The molecule has 0 radical (unpaired) electrons. The van der Waals surface area contributed by atoms with Crippen molar-refractivity contribution >= 4 is 23.2 Å². The first kappa shape index (κ1) is 15.5. The molecule has 0 atom stereocenters. The molecule has 0 saturated carbocycles. The smallest absolute Gasteiger partial charge is 0.163 e. The first-order valence-electron chi connectivity index (χ1n) is 8.25. The van der Waals surface area contributed by atoms with E-state index in [1.165, 1.54) is 6.07 Å². The molecule has 0 aromatic heterocycles. The second-order valence-electron chi connectivity index (χ2n) is 6.47. The fourth-order valence-electron chi connectivity index (χ4n) is 3.85. The lowest BCUT2D eigenvalue weighted by Gasteiger charge is -2.36. The minimum atomic E-state index is -0.428. The second-order valence-corrected chi connectivity index (χ2v) is 6.88. The van der Waals surface area contributed by atoms with Crippen molar-refractivity contribution in [1.29, 1.82) is 0 Å². The van der Waals surface area contributed by atoms with Crippen LogP contribution in [0.3, 0.4) is 0 Å². The molecule has 0 saturated heterocycles.